The van der Waals surface area contributed by atoms with Gasteiger partial charge in [0, 0.05) is 24.0 Å². The second-order valence-electron chi connectivity index (χ2n) is 8.91. The van der Waals surface area contributed by atoms with Crippen LogP contribution in [0, 0.1) is 26.6 Å². The molecule has 2 amide bonds. The lowest BCUT2D eigenvalue weighted by Crippen LogP contribution is -2.53. The summed E-state index contributed by atoms with van der Waals surface area (Å²) in [5.74, 6) is -2.61. The Morgan fingerprint density at radius 2 is 1.70 bits per heavy atom. The third-order valence-corrected chi connectivity index (χ3v) is 7.99. The molecular weight excluding hydrogens is 449 g/mol. The Morgan fingerprint density at radius 1 is 1.09 bits per heavy atom. The Bertz CT molecular complexity index is 1250. The van der Waals surface area contributed by atoms with Crippen molar-refractivity contribution >= 4 is 33.1 Å². The molecule has 1 aromatic carbocycles. The van der Waals surface area contributed by atoms with Crippen molar-refractivity contribution in [1.29, 1.82) is 0 Å². The number of halogens is 1. The van der Waals surface area contributed by atoms with E-state index in [0.717, 1.165) is 0 Å². The zero-order valence-electron chi connectivity index (χ0n) is 19.3. The molecule has 1 saturated heterocycles. The summed E-state index contributed by atoms with van der Waals surface area (Å²) in [6.07, 6.45) is 0.453. The molecule has 0 atom stereocenters. The van der Waals surface area contributed by atoms with Crippen LogP contribution in [0.2, 0.25) is 0 Å². The summed E-state index contributed by atoms with van der Waals surface area (Å²) in [6, 6.07) is 4.20. The number of carbonyl (C=O) groups excluding carboxylic acids is 3. The van der Waals surface area contributed by atoms with Crippen LogP contribution in [0.4, 0.5) is 10.1 Å². The number of Topliss-reactive ketones (excluding diaryl/α,β-unsaturated/α-hetero) is 1. The summed E-state index contributed by atoms with van der Waals surface area (Å²) in [5.41, 5.74) is 1.17. The Kier molecular flexibility index (Phi) is 6.52. The molecule has 2 aromatic rings. The van der Waals surface area contributed by atoms with Crippen molar-refractivity contribution in [3.8, 4) is 0 Å². The number of aryl methyl sites for hydroxylation is 1. The lowest BCUT2D eigenvalue weighted by Gasteiger charge is -2.34. The third kappa shape index (κ3) is 5.00. The van der Waals surface area contributed by atoms with Gasteiger partial charge in [-0.1, -0.05) is 0 Å². The van der Waals surface area contributed by atoms with Gasteiger partial charge in [0.1, 0.15) is 15.7 Å². The molecule has 0 radical (unpaired) electrons. The first-order valence-electron chi connectivity index (χ1n) is 10.6. The van der Waals surface area contributed by atoms with Crippen molar-refractivity contribution in [2.45, 2.75) is 46.1 Å². The predicted molar refractivity (Wildman–Crippen MR) is 123 cm³/mol. The van der Waals surface area contributed by atoms with E-state index in [9.17, 15) is 27.2 Å². The summed E-state index contributed by atoms with van der Waals surface area (Å²) in [4.78, 5) is 38.8. The first-order valence-corrected chi connectivity index (χ1v) is 12.4. The van der Waals surface area contributed by atoms with Gasteiger partial charge in [-0.3, -0.25) is 14.4 Å². The highest BCUT2D eigenvalue weighted by Gasteiger charge is 2.37. The number of rotatable bonds is 5. The van der Waals surface area contributed by atoms with Crippen LogP contribution in [0.15, 0.2) is 18.2 Å². The molecule has 0 saturated carbocycles. The smallest absolute Gasteiger partial charge is 0.294 e. The summed E-state index contributed by atoms with van der Waals surface area (Å²) < 4.78 is 38.4. The number of anilines is 1. The van der Waals surface area contributed by atoms with Crippen molar-refractivity contribution in [2.75, 3.05) is 16.8 Å². The molecule has 2 heterocycles. The number of ketones is 1. The maximum absolute atomic E-state index is 13.5. The Balaban J connectivity index is 1.83. The lowest BCUT2D eigenvalue weighted by molar-refractivity contribution is -0.118. The lowest BCUT2D eigenvalue weighted by atomic mass is 9.94. The molecule has 0 spiro atoms. The Morgan fingerprint density at radius 3 is 2.27 bits per heavy atom. The molecule has 178 valence electrons. The first kappa shape index (κ1) is 24.6. The average molecular weight is 478 g/mol. The van der Waals surface area contributed by atoms with Gasteiger partial charge in [0.2, 0.25) is 0 Å². The summed E-state index contributed by atoms with van der Waals surface area (Å²) in [6.45, 7) is 6.56. The molecule has 3 rings (SSSR count). The minimum Gasteiger partial charge on any atom is -0.344 e. The number of nitrogens with zero attached hydrogens (tertiary/aromatic N) is 1. The van der Waals surface area contributed by atoms with Gasteiger partial charge in [-0.2, -0.15) is 0 Å². The highest BCUT2D eigenvalue weighted by atomic mass is 32.2. The number of benzene rings is 1. The summed E-state index contributed by atoms with van der Waals surface area (Å²) >= 11 is 0. The van der Waals surface area contributed by atoms with Crippen LogP contribution in [0.5, 0.6) is 0 Å². The Labute approximate surface area is 192 Å². The fourth-order valence-corrected chi connectivity index (χ4v) is 5.83. The molecule has 10 heteroatoms. The van der Waals surface area contributed by atoms with Crippen LogP contribution in [0.3, 0.4) is 0 Å². The monoisotopic (exact) mass is 477 g/mol. The molecule has 2 N–H and O–H groups in total. The first-order chi connectivity index (χ1) is 15.2. The van der Waals surface area contributed by atoms with Gasteiger partial charge in [0.05, 0.1) is 22.8 Å². The number of hydrogen-bond donors (Lipinski definition) is 2. The zero-order valence-corrected chi connectivity index (χ0v) is 20.2. The molecule has 0 bridgehead atoms. The highest BCUT2D eigenvalue weighted by molar-refractivity contribution is 7.91. The van der Waals surface area contributed by atoms with Gasteiger partial charge in [-0.25, -0.2) is 12.8 Å². The van der Waals surface area contributed by atoms with Gasteiger partial charge >= 0.3 is 0 Å². The van der Waals surface area contributed by atoms with Gasteiger partial charge in [-0.05, 0) is 69.9 Å². The van der Waals surface area contributed by atoms with E-state index in [0.29, 0.717) is 22.5 Å². The van der Waals surface area contributed by atoms with E-state index >= 15 is 0 Å². The molecule has 1 aliphatic rings. The molecule has 0 aliphatic carbocycles. The van der Waals surface area contributed by atoms with Gasteiger partial charge in [0.25, 0.3) is 17.6 Å². The molecular formula is C23H28FN3O5S. The standard InChI is InChI=1S/C23H28FN3O5S/c1-13-12-16(6-7-17(13)24)25-21(29)18-14(2)19(27(5)15(18)3)20(28)22(30)26-23(4)8-10-33(31,32)11-9-23/h6-7,12H,8-11H2,1-5H3,(H,25,29)(H,26,30). The SMILES string of the molecule is Cc1cc(NC(=O)c2c(C)c(C(=O)C(=O)NC3(C)CCS(=O)(=O)CC3)n(C)c2C)ccc1F. The van der Waals surface area contributed by atoms with Crippen LogP contribution in [-0.2, 0) is 21.7 Å². The van der Waals surface area contributed by atoms with Crippen LogP contribution in [-0.4, -0.2) is 47.6 Å². The second kappa shape index (κ2) is 8.74. The number of sulfone groups is 1. The molecule has 0 unspecified atom stereocenters. The molecule has 8 nitrogen and oxygen atoms in total. The predicted octanol–water partition coefficient (Wildman–Crippen LogP) is 2.61. The minimum absolute atomic E-state index is 0.0482. The van der Waals surface area contributed by atoms with Crippen molar-refractivity contribution in [3.63, 3.8) is 0 Å². The summed E-state index contributed by atoms with van der Waals surface area (Å²) in [7, 11) is -1.53. The van der Waals surface area contributed by atoms with Crippen LogP contribution >= 0.6 is 0 Å². The van der Waals surface area contributed by atoms with Crippen LogP contribution < -0.4 is 10.6 Å². The number of aromatic nitrogens is 1. The third-order valence-electron chi connectivity index (χ3n) is 6.34. The van der Waals surface area contributed by atoms with Gasteiger partial charge in [-0.15, -0.1) is 0 Å². The van der Waals surface area contributed by atoms with E-state index in [1.807, 2.05) is 0 Å². The fraction of sp³-hybridized carbons (Fsp3) is 0.435. The fourth-order valence-electron chi connectivity index (χ4n) is 4.10. The van der Waals surface area contributed by atoms with Crippen molar-refractivity contribution in [2.24, 2.45) is 7.05 Å². The van der Waals surface area contributed by atoms with Crippen molar-refractivity contribution in [3.05, 3.63) is 52.1 Å². The molecule has 33 heavy (non-hydrogen) atoms. The van der Waals surface area contributed by atoms with E-state index in [-0.39, 0.29) is 41.4 Å². The minimum atomic E-state index is -3.12. The number of amides is 2. The largest absolute Gasteiger partial charge is 0.344 e. The van der Waals surface area contributed by atoms with Gasteiger partial charge in [0.15, 0.2) is 0 Å². The summed E-state index contributed by atoms with van der Waals surface area (Å²) in [5, 5.41) is 5.40. The molecule has 1 aliphatic heterocycles. The van der Waals surface area contributed by atoms with Crippen LogP contribution in [0.1, 0.15) is 57.4 Å². The topological polar surface area (TPSA) is 114 Å². The van der Waals surface area contributed by atoms with Crippen molar-refractivity contribution < 1.29 is 27.2 Å². The van der Waals surface area contributed by atoms with Crippen LogP contribution in [0.25, 0.3) is 0 Å². The van der Waals surface area contributed by atoms with E-state index in [1.165, 1.54) is 22.8 Å². The average Bonchev–Trinajstić information content (AvgIpc) is 2.95. The molecule has 1 fully saturated rings. The number of nitrogens with one attached hydrogen (secondary N) is 2. The van der Waals surface area contributed by atoms with E-state index in [1.54, 1.807) is 34.7 Å². The van der Waals surface area contributed by atoms with E-state index in [2.05, 4.69) is 10.6 Å². The van der Waals surface area contributed by atoms with E-state index in [4.69, 9.17) is 0 Å². The van der Waals surface area contributed by atoms with Crippen molar-refractivity contribution in [1.82, 2.24) is 9.88 Å². The highest BCUT2D eigenvalue weighted by Crippen LogP contribution is 2.26. The number of carbonyl (C=O) groups is 3. The zero-order chi connectivity index (χ0) is 24.7. The maximum atomic E-state index is 13.5. The Hall–Kier alpha value is -3.01. The number of hydrogen-bond acceptors (Lipinski definition) is 5. The molecule has 1 aromatic heterocycles. The maximum Gasteiger partial charge on any atom is 0.294 e. The van der Waals surface area contributed by atoms with E-state index < -0.39 is 33.0 Å². The van der Waals surface area contributed by atoms with Gasteiger partial charge < -0.3 is 15.2 Å². The second-order valence-corrected chi connectivity index (χ2v) is 11.2. The quantitative estimate of drug-likeness (QED) is 0.508. The normalized spacial score (nSPS) is 16.8.